The van der Waals surface area contributed by atoms with Gasteiger partial charge in [-0.2, -0.15) is 0 Å². The third kappa shape index (κ3) is 6.04. The van der Waals surface area contributed by atoms with Crippen LogP contribution in [0.3, 0.4) is 0 Å². The van der Waals surface area contributed by atoms with Gasteiger partial charge in [0.05, 0.1) is 12.2 Å². The van der Waals surface area contributed by atoms with Crippen LogP contribution in [0.1, 0.15) is 12.8 Å². The Morgan fingerprint density at radius 2 is 2.21 bits per heavy atom. The first-order valence-corrected chi connectivity index (χ1v) is 5.87. The molecule has 0 bridgehead atoms. The number of nitrogens with zero attached hydrogens (tertiary/aromatic N) is 2. The number of hydrogen-bond donors (Lipinski definition) is 3. The van der Waals surface area contributed by atoms with E-state index < -0.39 is 0 Å². The van der Waals surface area contributed by atoms with E-state index in [-0.39, 0.29) is 36.8 Å². The average molecular weight is 308 g/mol. The second-order valence-electron chi connectivity index (χ2n) is 3.96. The zero-order valence-corrected chi connectivity index (χ0v) is 12.1. The largest absolute Gasteiger partial charge is 0.367 e. The summed E-state index contributed by atoms with van der Waals surface area (Å²) < 4.78 is 0. The third-order valence-electron chi connectivity index (χ3n) is 2.67. The van der Waals surface area contributed by atoms with Crippen LogP contribution in [-0.2, 0) is 4.79 Å². The zero-order chi connectivity index (χ0) is 11.9. The Bertz CT molecular complexity index is 359. The van der Waals surface area contributed by atoms with Crippen molar-refractivity contribution in [1.29, 1.82) is 0 Å². The molecule has 108 valence electrons. The molecule has 19 heavy (non-hydrogen) atoms. The molecule has 0 aliphatic carbocycles. The number of carbonyl (C=O) groups is 1. The van der Waals surface area contributed by atoms with Crippen LogP contribution in [0.2, 0.25) is 0 Å². The van der Waals surface area contributed by atoms with E-state index in [0.29, 0.717) is 13.1 Å². The minimum atomic E-state index is -0.00785. The van der Waals surface area contributed by atoms with Crippen LogP contribution >= 0.6 is 24.8 Å². The molecule has 1 saturated heterocycles. The summed E-state index contributed by atoms with van der Waals surface area (Å²) >= 11 is 0. The maximum absolute atomic E-state index is 11.6. The summed E-state index contributed by atoms with van der Waals surface area (Å²) in [6.45, 7) is 2.18. The summed E-state index contributed by atoms with van der Waals surface area (Å²) in [4.78, 5) is 19.6. The van der Waals surface area contributed by atoms with Crippen molar-refractivity contribution in [3.05, 3.63) is 18.6 Å². The van der Waals surface area contributed by atoms with E-state index in [1.54, 1.807) is 18.6 Å². The fourth-order valence-electron chi connectivity index (χ4n) is 1.80. The fraction of sp³-hybridized carbons (Fsp3) is 0.545. The van der Waals surface area contributed by atoms with Crippen molar-refractivity contribution >= 4 is 36.5 Å². The molecule has 0 aromatic carbocycles. The van der Waals surface area contributed by atoms with Crippen LogP contribution in [0.25, 0.3) is 0 Å². The van der Waals surface area contributed by atoms with Gasteiger partial charge in [0.15, 0.2) is 0 Å². The molecule has 0 radical (unpaired) electrons. The monoisotopic (exact) mass is 307 g/mol. The van der Waals surface area contributed by atoms with E-state index in [4.69, 9.17) is 0 Å². The Labute approximate surface area is 125 Å². The molecule has 8 heteroatoms. The second-order valence-corrected chi connectivity index (χ2v) is 3.96. The molecule has 1 atom stereocenters. The Morgan fingerprint density at radius 1 is 1.37 bits per heavy atom. The first kappa shape index (κ1) is 17.9. The highest BCUT2D eigenvalue weighted by Crippen LogP contribution is 2.04. The highest BCUT2D eigenvalue weighted by molar-refractivity contribution is 5.85. The lowest BCUT2D eigenvalue weighted by Crippen LogP contribution is -2.42. The number of rotatable bonds is 5. The van der Waals surface area contributed by atoms with Crippen molar-refractivity contribution in [2.75, 3.05) is 25.0 Å². The van der Waals surface area contributed by atoms with Crippen molar-refractivity contribution in [2.45, 2.75) is 18.9 Å². The van der Waals surface area contributed by atoms with Crippen molar-refractivity contribution < 1.29 is 4.79 Å². The van der Waals surface area contributed by atoms with Gasteiger partial charge in [0.25, 0.3) is 0 Å². The molecule has 0 saturated carbocycles. The third-order valence-corrected chi connectivity index (χ3v) is 2.67. The van der Waals surface area contributed by atoms with Gasteiger partial charge in [-0.1, -0.05) is 0 Å². The summed E-state index contributed by atoms with van der Waals surface area (Å²) in [7, 11) is 0. The SMILES string of the molecule is Cl.Cl.O=C(NCCNc1cnccn1)C1CCCN1. The van der Waals surface area contributed by atoms with Gasteiger partial charge in [0.1, 0.15) is 5.82 Å². The van der Waals surface area contributed by atoms with Gasteiger partial charge in [-0.15, -0.1) is 24.8 Å². The molecule has 2 rings (SSSR count). The molecule has 2 heterocycles. The van der Waals surface area contributed by atoms with Gasteiger partial charge >= 0.3 is 0 Å². The van der Waals surface area contributed by atoms with E-state index in [1.165, 1.54) is 0 Å². The number of aromatic nitrogens is 2. The average Bonchev–Trinajstić information content (AvgIpc) is 2.89. The summed E-state index contributed by atoms with van der Waals surface area (Å²) in [5, 5.41) is 9.12. The van der Waals surface area contributed by atoms with Gasteiger partial charge < -0.3 is 16.0 Å². The lowest BCUT2D eigenvalue weighted by atomic mass is 10.2. The first-order chi connectivity index (χ1) is 8.36. The number of nitrogens with one attached hydrogen (secondary N) is 3. The van der Waals surface area contributed by atoms with Gasteiger partial charge in [-0.3, -0.25) is 9.78 Å². The van der Waals surface area contributed by atoms with Crippen molar-refractivity contribution in [1.82, 2.24) is 20.6 Å². The van der Waals surface area contributed by atoms with Crippen molar-refractivity contribution in [3.8, 4) is 0 Å². The van der Waals surface area contributed by atoms with Crippen molar-refractivity contribution in [2.24, 2.45) is 0 Å². The smallest absolute Gasteiger partial charge is 0.237 e. The molecule has 3 N–H and O–H groups in total. The minimum Gasteiger partial charge on any atom is -0.367 e. The van der Waals surface area contributed by atoms with Crippen LogP contribution in [-0.4, -0.2) is 41.6 Å². The van der Waals surface area contributed by atoms with Crippen LogP contribution < -0.4 is 16.0 Å². The molecule has 1 unspecified atom stereocenters. The number of amides is 1. The van der Waals surface area contributed by atoms with Gasteiger partial charge in [0, 0.05) is 25.5 Å². The van der Waals surface area contributed by atoms with E-state index in [1.807, 2.05) is 0 Å². The Balaban J connectivity index is 0.00000162. The van der Waals surface area contributed by atoms with Crippen LogP contribution in [0, 0.1) is 0 Å². The predicted octanol–water partition coefficient (Wildman–Crippen LogP) is 0.600. The molecule has 0 spiro atoms. The fourth-order valence-corrected chi connectivity index (χ4v) is 1.80. The Kier molecular flexibility index (Phi) is 9.20. The molecule has 1 aliphatic rings. The molecular formula is C11H19Cl2N5O. The van der Waals surface area contributed by atoms with Gasteiger partial charge in [0.2, 0.25) is 5.91 Å². The lowest BCUT2D eigenvalue weighted by molar-refractivity contribution is -0.122. The van der Waals surface area contributed by atoms with E-state index in [2.05, 4.69) is 25.9 Å². The highest BCUT2D eigenvalue weighted by Gasteiger charge is 2.20. The van der Waals surface area contributed by atoms with E-state index >= 15 is 0 Å². The highest BCUT2D eigenvalue weighted by atomic mass is 35.5. The lowest BCUT2D eigenvalue weighted by Gasteiger charge is -2.11. The quantitative estimate of drug-likeness (QED) is 0.694. The molecule has 1 fully saturated rings. The van der Waals surface area contributed by atoms with E-state index in [9.17, 15) is 4.79 Å². The maximum atomic E-state index is 11.6. The first-order valence-electron chi connectivity index (χ1n) is 5.87. The van der Waals surface area contributed by atoms with Gasteiger partial charge in [-0.25, -0.2) is 4.98 Å². The second kappa shape index (κ2) is 9.77. The zero-order valence-electron chi connectivity index (χ0n) is 10.5. The number of anilines is 1. The van der Waals surface area contributed by atoms with Crippen LogP contribution in [0.4, 0.5) is 5.82 Å². The number of halogens is 2. The summed E-state index contributed by atoms with van der Waals surface area (Å²) in [5.74, 6) is 0.809. The molecular weight excluding hydrogens is 289 g/mol. The Morgan fingerprint density at radius 3 is 2.84 bits per heavy atom. The molecule has 6 nitrogen and oxygen atoms in total. The topological polar surface area (TPSA) is 78.9 Å². The van der Waals surface area contributed by atoms with Crippen LogP contribution in [0.5, 0.6) is 0 Å². The molecule has 1 aromatic rings. The van der Waals surface area contributed by atoms with Crippen LogP contribution in [0.15, 0.2) is 18.6 Å². The minimum absolute atomic E-state index is 0. The number of hydrogen-bond acceptors (Lipinski definition) is 5. The standard InChI is InChI=1S/C11H17N5O.2ClH/c17-11(9-2-1-3-13-9)16-7-6-15-10-8-12-4-5-14-10;;/h4-5,8-9,13H,1-3,6-7H2,(H,14,15)(H,16,17);2*1H. The van der Waals surface area contributed by atoms with Gasteiger partial charge in [-0.05, 0) is 19.4 Å². The Hall–Kier alpha value is -1.11. The summed E-state index contributed by atoms with van der Waals surface area (Å²) in [5.41, 5.74) is 0. The molecule has 1 aliphatic heterocycles. The number of carbonyl (C=O) groups excluding carboxylic acids is 1. The van der Waals surface area contributed by atoms with E-state index in [0.717, 1.165) is 25.2 Å². The summed E-state index contributed by atoms with van der Waals surface area (Å²) in [6, 6.07) is -0.00785. The maximum Gasteiger partial charge on any atom is 0.237 e. The summed E-state index contributed by atoms with van der Waals surface area (Å²) in [6.07, 6.45) is 6.92. The van der Waals surface area contributed by atoms with Crippen molar-refractivity contribution in [3.63, 3.8) is 0 Å². The predicted molar refractivity (Wildman–Crippen MR) is 79.1 cm³/mol. The molecule has 1 amide bonds. The normalized spacial score (nSPS) is 16.9. The molecule has 1 aromatic heterocycles.